The highest BCUT2D eigenvalue weighted by Gasteiger charge is 2.15. The average Bonchev–Trinajstić information content (AvgIpc) is 2.65. The Balaban J connectivity index is 1.65. The van der Waals surface area contributed by atoms with Gasteiger partial charge in [-0.2, -0.15) is 0 Å². The zero-order valence-corrected chi connectivity index (χ0v) is 16.2. The van der Waals surface area contributed by atoms with E-state index in [1.807, 2.05) is 23.5 Å². The molecule has 0 aliphatic carbocycles. The van der Waals surface area contributed by atoms with Crippen LogP contribution in [-0.2, 0) is 14.6 Å². The number of hydrogen-bond acceptors (Lipinski definition) is 3. The summed E-state index contributed by atoms with van der Waals surface area (Å²) >= 11 is 0. The number of anilines is 1. The van der Waals surface area contributed by atoms with E-state index in [0.717, 1.165) is 6.26 Å². The van der Waals surface area contributed by atoms with Gasteiger partial charge in [-0.05, 0) is 35.9 Å². The van der Waals surface area contributed by atoms with Gasteiger partial charge in [0.2, 0.25) is 0 Å². The second-order valence-electron chi connectivity index (χ2n) is 6.65. The summed E-state index contributed by atoms with van der Waals surface area (Å²) in [4.78, 5) is 12.5. The number of nitrogens with two attached hydrogens (primary N) is 1. The fraction of sp³-hybridized carbons (Fsp3) is 0.190. The topological polar surface area (TPSA) is 79.8 Å². The van der Waals surface area contributed by atoms with Crippen LogP contribution in [0.25, 0.3) is 10.8 Å². The number of sulfone groups is 1. The van der Waals surface area contributed by atoms with Crippen molar-refractivity contribution < 1.29 is 18.5 Å². The van der Waals surface area contributed by atoms with Gasteiger partial charge in [-0.1, -0.05) is 48.5 Å². The van der Waals surface area contributed by atoms with E-state index in [4.69, 9.17) is 0 Å². The third-order valence-electron chi connectivity index (χ3n) is 4.52. The standard InChI is InChI=1S/C21H22N2O3S/c1-15(19-12-5-8-16-7-3-4-11-20(16)19)22-14-21(24)23-17-9-6-10-18(13-17)27(2,25)26/h3-13,15,22H,14H2,1-2H3,(H,23,24)/p+1/t15-/m0/s1. The summed E-state index contributed by atoms with van der Waals surface area (Å²) in [6.45, 7) is 2.31. The Morgan fingerprint density at radius 3 is 2.52 bits per heavy atom. The molecule has 6 heteroatoms. The molecule has 1 atom stereocenters. The summed E-state index contributed by atoms with van der Waals surface area (Å²) in [5.74, 6) is -0.173. The molecule has 140 valence electrons. The summed E-state index contributed by atoms with van der Waals surface area (Å²) in [6, 6.07) is 20.8. The van der Waals surface area contributed by atoms with E-state index < -0.39 is 9.84 Å². The minimum atomic E-state index is -3.30. The summed E-state index contributed by atoms with van der Waals surface area (Å²) in [5.41, 5.74) is 1.66. The van der Waals surface area contributed by atoms with E-state index in [2.05, 4.69) is 36.5 Å². The fourth-order valence-electron chi connectivity index (χ4n) is 3.07. The first-order chi connectivity index (χ1) is 12.8. The van der Waals surface area contributed by atoms with Gasteiger partial charge >= 0.3 is 0 Å². The lowest BCUT2D eigenvalue weighted by Gasteiger charge is -2.14. The average molecular weight is 383 g/mol. The molecule has 1 amide bonds. The highest BCUT2D eigenvalue weighted by atomic mass is 32.2. The lowest BCUT2D eigenvalue weighted by molar-refractivity contribution is -0.682. The van der Waals surface area contributed by atoms with Crippen LogP contribution in [0.4, 0.5) is 5.69 Å². The first kappa shape index (κ1) is 19.1. The number of hydrogen-bond donors (Lipinski definition) is 2. The van der Waals surface area contributed by atoms with Gasteiger partial charge in [0, 0.05) is 17.5 Å². The Morgan fingerprint density at radius 1 is 1.04 bits per heavy atom. The summed E-state index contributed by atoms with van der Waals surface area (Å²) in [5, 5.41) is 7.10. The molecule has 3 aromatic carbocycles. The Kier molecular flexibility index (Phi) is 5.58. The molecule has 0 saturated carbocycles. The van der Waals surface area contributed by atoms with Crippen molar-refractivity contribution in [1.29, 1.82) is 0 Å². The van der Waals surface area contributed by atoms with Gasteiger partial charge in [0.1, 0.15) is 6.04 Å². The van der Waals surface area contributed by atoms with Crippen LogP contribution in [0.2, 0.25) is 0 Å². The van der Waals surface area contributed by atoms with Crippen LogP contribution in [0.15, 0.2) is 71.6 Å². The quantitative estimate of drug-likeness (QED) is 0.686. The highest BCUT2D eigenvalue weighted by molar-refractivity contribution is 7.90. The number of carbonyl (C=O) groups is 1. The van der Waals surface area contributed by atoms with Gasteiger partial charge in [-0.15, -0.1) is 0 Å². The number of amides is 1. The van der Waals surface area contributed by atoms with E-state index >= 15 is 0 Å². The van der Waals surface area contributed by atoms with Gasteiger partial charge in [-0.3, -0.25) is 4.79 Å². The first-order valence-electron chi connectivity index (χ1n) is 8.75. The van der Waals surface area contributed by atoms with Crippen LogP contribution in [-0.4, -0.2) is 27.1 Å². The third kappa shape index (κ3) is 4.72. The molecule has 3 aromatic rings. The maximum Gasteiger partial charge on any atom is 0.279 e. The van der Waals surface area contributed by atoms with E-state index in [-0.39, 0.29) is 23.4 Å². The fourth-order valence-corrected chi connectivity index (χ4v) is 3.74. The molecule has 0 radical (unpaired) electrons. The van der Waals surface area contributed by atoms with Crippen LogP contribution < -0.4 is 10.6 Å². The predicted octanol–water partition coefficient (Wildman–Crippen LogP) is 2.51. The van der Waals surface area contributed by atoms with Gasteiger partial charge in [-0.25, -0.2) is 8.42 Å². The minimum Gasteiger partial charge on any atom is -0.332 e. The summed E-state index contributed by atoms with van der Waals surface area (Å²) in [7, 11) is -3.30. The minimum absolute atomic E-state index is 0.115. The smallest absolute Gasteiger partial charge is 0.279 e. The maximum absolute atomic E-state index is 12.3. The largest absolute Gasteiger partial charge is 0.332 e. The van der Waals surface area contributed by atoms with Gasteiger partial charge < -0.3 is 10.6 Å². The number of quaternary nitrogens is 1. The van der Waals surface area contributed by atoms with Crippen molar-refractivity contribution in [2.24, 2.45) is 0 Å². The van der Waals surface area contributed by atoms with Crippen molar-refractivity contribution in [2.75, 3.05) is 18.1 Å². The SMILES string of the molecule is C[C@H]([NH2+]CC(=O)Nc1cccc(S(C)(=O)=O)c1)c1cccc2ccccc12. The molecule has 0 saturated heterocycles. The van der Waals surface area contributed by atoms with Crippen molar-refractivity contribution in [1.82, 2.24) is 0 Å². The number of carbonyl (C=O) groups excluding carboxylic acids is 1. The maximum atomic E-state index is 12.3. The monoisotopic (exact) mass is 383 g/mol. The number of nitrogens with one attached hydrogen (secondary N) is 1. The number of fused-ring (bicyclic) bond motifs is 1. The van der Waals surface area contributed by atoms with Gasteiger partial charge in [0.15, 0.2) is 16.4 Å². The molecular weight excluding hydrogens is 360 g/mol. The van der Waals surface area contributed by atoms with Crippen LogP contribution in [0.3, 0.4) is 0 Å². The molecule has 0 aliphatic rings. The molecule has 0 unspecified atom stereocenters. The third-order valence-corrected chi connectivity index (χ3v) is 5.63. The van der Waals surface area contributed by atoms with E-state index in [9.17, 15) is 13.2 Å². The second kappa shape index (κ2) is 7.90. The normalized spacial score (nSPS) is 12.7. The zero-order chi connectivity index (χ0) is 19.4. The zero-order valence-electron chi connectivity index (χ0n) is 15.3. The molecule has 0 fully saturated rings. The van der Waals surface area contributed by atoms with Crippen LogP contribution in [0.5, 0.6) is 0 Å². The summed E-state index contributed by atoms with van der Waals surface area (Å²) in [6.07, 6.45) is 1.15. The van der Waals surface area contributed by atoms with Gasteiger partial charge in [0.25, 0.3) is 5.91 Å². The molecule has 5 nitrogen and oxygen atoms in total. The Hall–Kier alpha value is -2.70. The van der Waals surface area contributed by atoms with Crippen molar-refractivity contribution in [3.8, 4) is 0 Å². The molecule has 0 aromatic heterocycles. The highest BCUT2D eigenvalue weighted by Crippen LogP contribution is 2.22. The number of rotatable bonds is 6. The molecule has 0 aliphatic heterocycles. The molecule has 3 rings (SSSR count). The molecule has 0 spiro atoms. The number of benzene rings is 3. The van der Waals surface area contributed by atoms with E-state index in [1.54, 1.807) is 12.1 Å². The van der Waals surface area contributed by atoms with Crippen LogP contribution >= 0.6 is 0 Å². The summed E-state index contributed by atoms with van der Waals surface area (Å²) < 4.78 is 23.3. The molecule has 0 bridgehead atoms. The first-order valence-corrected chi connectivity index (χ1v) is 10.6. The van der Waals surface area contributed by atoms with Crippen LogP contribution in [0.1, 0.15) is 18.5 Å². The molecule has 27 heavy (non-hydrogen) atoms. The Labute approximate surface area is 159 Å². The van der Waals surface area contributed by atoms with Crippen LogP contribution in [0, 0.1) is 0 Å². The van der Waals surface area contributed by atoms with Crippen molar-refractivity contribution in [3.05, 3.63) is 72.3 Å². The van der Waals surface area contributed by atoms with E-state index in [1.165, 1.54) is 28.5 Å². The van der Waals surface area contributed by atoms with Crippen molar-refractivity contribution >= 4 is 32.2 Å². The van der Waals surface area contributed by atoms with Crippen molar-refractivity contribution in [3.63, 3.8) is 0 Å². The molecular formula is C21H23N2O3S+. The Bertz CT molecular complexity index is 1070. The van der Waals surface area contributed by atoms with E-state index in [0.29, 0.717) is 5.69 Å². The molecule has 0 heterocycles. The second-order valence-corrected chi connectivity index (χ2v) is 8.66. The Morgan fingerprint density at radius 2 is 1.74 bits per heavy atom. The lowest BCUT2D eigenvalue weighted by Crippen LogP contribution is -2.86. The van der Waals surface area contributed by atoms with Crippen molar-refractivity contribution in [2.45, 2.75) is 17.9 Å². The lowest BCUT2D eigenvalue weighted by atomic mass is 10.00. The van der Waals surface area contributed by atoms with Gasteiger partial charge in [0.05, 0.1) is 4.90 Å². The molecule has 3 N–H and O–H groups in total. The predicted molar refractivity (Wildman–Crippen MR) is 107 cm³/mol.